The monoisotopic (exact) mass is 264 g/mol. The SMILES string of the molecule is CC(C)Oc1ccccc1NC(=O)C(CN)C(C)C. The lowest BCUT2D eigenvalue weighted by Gasteiger charge is -2.20. The van der Waals surface area contributed by atoms with Crippen molar-refractivity contribution in [1.82, 2.24) is 0 Å². The lowest BCUT2D eigenvalue weighted by atomic mass is 9.95. The number of carbonyl (C=O) groups is 1. The van der Waals surface area contributed by atoms with Crippen LogP contribution in [0.3, 0.4) is 0 Å². The quantitative estimate of drug-likeness (QED) is 0.830. The fraction of sp³-hybridized carbons (Fsp3) is 0.533. The summed E-state index contributed by atoms with van der Waals surface area (Å²) in [5.41, 5.74) is 6.35. The van der Waals surface area contributed by atoms with Gasteiger partial charge in [0.2, 0.25) is 5.91 Å². The summed E-state index contributed by atoms with van der Waals surface area (Å²) in [5.74, 6) is 0.651. The number of nitrogens with one attached hydrogen (secondary N) is 1. The number of amides is 1. The van der Waals surface area contributed by atoms with Crippen molar-refractivity contribution in [3.63, 3.8) is 0 Å². The number of hydrogen-bond acceptors (Lipinski definition) is 3. The summed E-state index contributed by atoms with van der Waals surface area (Å²) >= 11 is 0. The second kappa shape index (κ2) is 7.14. The molecule has 19 heavy (non-hydrogen) atoms. The van der Waals surface area contributed by atoms with E-state index >= 15 is 0 Å². The highest BCUT2D eigenvalue weighted by Crippen LogP contribution is 2.26. The molecule has 1 amide bonds. The van der Waals surface area contributed by atoms with E-state index in [1.807, 2.05) is 52.0 Å². The Morgan fingerprint density at radius 1 is 1.26 bits per heavy atom. The molecule has 0 spiro atoms. The minimum absolute atomic E-state index is 0.0580. The van der Waals surface area contributed by atoms with E-state index < -0.39 is 0 Å². The molecule has 0 fully saturated rings. The summed E-state index contributed by atoms with van der Waals surface area (Å²) in [5, 5.41) is 2.90. The van der Waals surface area contributed by atoms with E-state index in [1.165, 1.54) is 0 Å². The zero-order chi connectivity index (χ0) is 14.4. The molecule has 0 saturated heterocycles. The number of hydrogen-bond donors (Lipinski definition) is 2. The first kappa shape index (κ1) is 15.5. The first-order valence-electron chi connectivity index (χ1n) is 6.72. The Kier molecular flexibility index (Phi) is 5.83. The normalized spacial score (nSPS) is 12.6. The van der Waals surface area contributed by atoms with Gasteiger partial charge in [-0.2, -0.15) is 0 Å². The Labute approximate surface area is 115 Å². The van der Waals surface area contributed by atoms with Crippen molar-refractivity contribution < 1.29 is 9.53 Å². The van der Waals surface area contributed by atoms with Crippen LogP contribution in [0, 0.1) is 11.8 Å². The predicted octanol–water partition coefficient (Wildman–Crippen LogP) is 2.64. The van der Waals surface area contributed by atoms with Crippen molar-refractivity contribution >= 4 is 11.6 Å². The third-order valence-electron chi connectivity index (χ3n) is 2.90. The minimum atomic E-state index is -0.188. The van der Waals surface area contributed by atoms with Crippen molar-refractivity contribution in [2.24, 2.45) is 17.6 Å². The van der Waals surface area contributed by atoms with Crippen LogP contribution in [0.2, 0.25) is 0 Å². The van der Waals surface area contributed by atoms with Crippen LogP contribution in [0.15, 0.2) is 24.3 Å². The van der Waals surface area contributed by atoms with E-state index in [2.05, 4.69) is 5.32 Å². The molecule has 1 aromatic carbocycles. The summed E-state index contributed by atoms with van der Waals surface area (Å²) in [6.45, 7) is 8.24. The molecular formula is C15H24N2O2. The number of anilines is 1. The molecule has 106 valence electrons. The average Bonchev–Trinajstić information content (AvgIpc) is 2.31. The Balaban J connectivity index is 2.84. The number of carbonyl (C=O) groups excluding carboxylic acids is 1. The second-order valence-electron chi connectivity index (χ2n) is 5.24. The van der Waals surface area contributed by atoms with Crippen molar-refractivity contribution in [2.75, 3.05) is 11.9 Å². The van der Waals surface area contributed by atoms with Crippen molar-refractivity contribution in [3.8, 4) is 5.75 Å². The highest BCUT2D eigenvalue weighted by Gasteiger charge is 2.21. The van der Waals surface area contributed by atoms with Crippen molar-refractivity contribution in [1.29, 1.82) is 0 Å². The van der Waals surface area contributed by atoms with Gasteiger partial charge < -0.3 is 15.8 Å². The van der Waals surface area contributed by atoms with Crippen LogP contribution >= 0.6 is 0 Å². The van der Waals surface area contributed by atoms with Gasteiger partial charge in [0.05, 0.1) is 17.7 Å². The summed E-state index contributed by atoms with van der Waals surface area (Å²) in [7, 11) is 0. The van der Waals surface area contributed by atoms with Crippen LogP contribution in [0.5, 0.6) is 5.75 Å². The van der Waals surface area contributed by atoms with Gasteiger partial charge in [0.15, 0.2) is 0 Å². The molecule has 0 aromatic heterocycles. The van der Waals surface area contributed by atoms with Gasteiger partial charge in [0.1, 0.15) is 5.75 Å². The number of ether oxygens (including phenoxy) is 1. The van der Waals surface area contributed by atoms with Crippen LogP contribution in [-0.2, 0) is 4.79 Å². The molecule has 0 heterocycles. The minimum Gasteiger partial charge on any atom is -0.489 e. The van der Waals surface area contributed by atoms with Gasteiger partial charge in [0.25, 0.3) is 0 Å². The third kappa shape index (κ3) is 4.56. The van der Waals surface area contributed by atoms with Gasteiger partial charge in [-0.15, -0.1) is 0 Å². The fourth-order valence-electron chi connectivity index (χ4n) is 1.83. The second-order valence-corrected chi connectivity index (χ2v) is 5.24. The van der Waals surface area contributed by atoms with Crippen LogP contribution in [-0.4, -0.2) is 18.6 Å². The molecule has 0 aliphatic heterocycles. The van der Waals surface area contributed by atoms with E-state index in [9.17, 15) is 4.79 Å². The number of para-hydroxylation sites is 2. The lowest BCUT2D eigenvalue weighted by Crippen LogP contribution is -2.33. The summed E-state index contributed by atoms with van der Waals surface area (Å²) in [4.78, 5) is 12.2. The molecule has 1 unspecified atom stereocenters. The Bertz CT molecular complexity index is 416. The van der Waals surface area contributed by atoms with Crippen molar-refractivity contribution in [3.05, 3.63) is 24.3 Å². The summed E-state index contributed by atoms with van der Waals surface area (Å²) in [6.07, 6.45) is 0.0634. The standard InChI is InChI=1S/C15H24N2O2/c1-10(2)12(9-16)15(18)17-13-7-5-6-8-14(13)19-11(3)4/h5-8,10-12H,9,16H2,1-4H3,(H,17,18). The van der Waals surface area contributed by atoms with Crippen LogP contribution in [0.1, 0.15) is 27.7 Å². The smallest absolute Gasteiger partial charge is 0.229 e. The molecule has 4 heteroatoms. The highest BCUT2D eigenvalue weighted by atomic mass is 16.5. The van der Waals surface area contributed by atoms with Crippen molar-refractivity contribution in [2.45, 2.75) is 33.8 Å². The Hall–Kier alpha value is -1.55. The van der Waals surface area contributed by atoms with Gasteiger partial charge in [0, 0.05) is 6.54 Å². The maximum Gasteiger partial charge on any atom is 0.229 e. The molecule has 3 N–H and O–H groups in total. The molecule has 4 nitrogen and oxygen atoms in total. The van der Waals surface area contributed by atoms with E-state index in [-0.39, 0.29) is 23.8 Å². The lowest BCUT2D eigenvalue weighted by molar-refractivity contribution is -0.120. The zero-order valence-corrected chi connectivity index (χ0v) is 12.1. The maximum absolute atomic E-state index is 12.2. The van der Waals surface area contributed by atoms with Crippen LogP contribution in [0.25, 0.3) is 0 Å². The molecule has 0 radical (unpaired) electrons. The van der Waals surface area contributed by atoms with Crippen LogP contribution in [0.4, 0.5) is 5.69 Å². The van der Waals surface area contributed by atoms with Gasteiger partial charge in [-0.3, -0.25) is 4.79 Å². The summed E-state index contributed by atoms with van der Waals surface area (Å²) < 4.78 is 5.67. The highest BCUT2D eigenvalue weighted by molar-refractivity contribution is 5.94. The molecule has 1 rings (SSSR count). The largest absolute Gasteiger partial charge is 0.489 e. The zero-order valence-electron chi connectivity index (χ0n) is 12.1. The molecular weight excluding hydrogens is 240 g/mol. The molecule has 1 atom stereocenters. The van der Waals surface area contributed by atoms with E-state index in [0.29, 0.717) is 18.0 Å². The summed E-state index contributed by atoms with van der Waals surface area (Å²) in [6, 6.07) is 7.44. The predicted molar refractivity (Wildman–Crippen MR) is 78.2 cm³/mol. The van der Waals surface area contributed by atoms with Gasteiger partial charge in [-0.05, 0) is 31.9 Å². The van der Waals surface area contributed by atoms with Gasteiger partial charge >= 0.3 is 0 Å². The first-order chi connectivity index (χ1) is 8.95. The number of rotatable bonds is 6. The average molecular weight is 264 g/mol. The molecule has 0 saturated carbocycles. The third-order valence-corrected chi connectivity index (χ3v) is 2.90. The van der Waals surface area contributed by atoms with Gasteiger partial charge in [-0.25, -0.2) is 0 Å². The first-order valence-corrected chi connectivity index (χ1v) is 6.72. The number of nitrogens with two attached hydrogens (primary N) is 1. The number of benzene rings is 1. The molecule has 1 aromatic rings. The van der Waals surface area contributed by atoms with Crippen LogP contribution < -0.4 is 15.8 Å². The molecule has 0 aliphatic rings. The Morgan fingerprint density at radius 2 is 1.89 bits per heavy atom. The molecule has 0 bridgehead atoms. The topological polar surface area (TPSA) is 64.3 Å². The fourth-order valence-corrected chi connectivity index (χ4v) is 1.83. The maximum atomic E-state index is 12.2. The Morgan fingerprint density at radius 3 is 2.42 bits per heavy atom. The van der Waals surface area contributed by atoms with Gasteiger partial charge in [-0.1, -0.05) is 26.0 Å². The van der Waals surface area contributed by atoms with E-state index in [1.54, 1.807) is 0 Å². The van der Waals surface area contributed by atoms with E-state index in [0.717, 1.165) is 0 Å². The molecule has 0 aliphatic carbocycles. The van der Waals surface area contributed by atoms with E-state index in [4.69, 9.17) is 10.5 Å².